The van der Waals surface area contributed by atoms with E-state index in [1.165, 1.54) is 0 Å². The van der Waals surface area contributed by atoms with Crippen molar-refractivity contribution in [3.63, 3.8) is 0 Å². The van der Waals surface area contributed by atoms with Gasteiger partial charge in [0.2, 0.25) is 0 Å². The number of pyridine rings is 1. The van der Waals surface area contributed by atoms with Crippen molar-refractivity contribution in [2.45, 2.75) is 19.8 Å². The number of fused-ring (bicyclic) bond motifs is 1. The number of benzene rings is 2. The zero-order valence-corrected chi connectivity index (χ0v) is 12.8. The fourth-order valence-electron chi connectivity index (χ4n) is 2.17. The van der Waals surface area contributed by atoms with Crippen LogP contribution in [0.4, 0.5) is 0 Å². The van der Waals surface area contributed by atoms with Gasteiger partial charge in [-0.3, -0.25) is 4.98 Å². The van der Waals surface area contributed by atoms with Crippen molar-refractivity contribution in [2.75, 3.05) is 0 Å². The third kappa shape index (κ3) is 3.01. The summed E-state index contributed by atoms with van der Waals surface area (Å²) in [5, 5.41) is 1.62. The van der Waals surface area contributed by atoms with Crippen molar-refractivity contribution in [3.8, 4) is 11.5 Å². The molecule has 0 bridgehead atoms. The Morgan fingerprint density at radius 2 is 1.71 bits per heavy atom. The molecule has 0 aliphatic heterocycles. The lowest BCUT2D eigenvalue weighted by molar-refractivity contribution is 0.483. The molecule has 0 aliphatic rings. The highest BCUT2D eigenvalue weighted by atomic mass is 35.5. The minimum atomic E-state index is 0.354. The molecule has 3 rings (SSSR count). The molecule has 0 atom stereocenters. The summed E-state index contributed by atoms with van der Waals surface area (Å²) >= 11 is 6.39. The molecule has 0 unspecified atom stereocenters. The van der Waals surface area contributed by atoms with Gasteiger partial charge in [-0.25, -0.2) is 0 Å². The Balaban J connectivity index is 2.00. The van der Waals surface area contributed by atoms with Gasteiger partial charge in [-0.2, -0.15) is 0 Å². The molecule has 1 heterocycles. The van der Waals surface area contributed by atoms with Gasteiger partial charge in [-0.15, -0.1) is 0 Å². The van der Waals surface area contributed by atoms with E-state index in [0.717, 1.165) is 28.1 Å². The number of para-hydroxylation sites is 1. The van der Waals surface area contributed by atoms with Crippen LogP contribution < -0.4 is 4.74 Å². The molecule has 2 nitrogen and oxygen atoms in total. The van der Waals surface area contributed by atoms with Crippen LogP contribution in [0.15, 0.2) is 54.6 Å². The molecule has 1 aromatic heterocycles. The molecule has 0 N–H and O–H groups in total. The maximum absolute atomic E-state index is 6.39. The second-order valence-electron chi connectivity index (χ2n) is 5.28. The summed E-state index contributed by atoms with van der Waals surface area (Å²) in [5.74, 6) is 1.92. The first-order valence-corrected chi connectivity index (χ1v) is 7.34. The molecule has 0 saturated carbocycles. The van der Waals surface area contributed by atoms with Gasteiger partial charge in [0.1, 0.15) is 11.5 Å². The van der Waals surface area contributed by atoms with Gasteiger partial charge in [0.05, 0.1) is 10.5 Å². The Labute approximate surface area is 129 Å². The summed E-state index contributed by atoms with van der Waals surface area (Å²) in [6, 6.07) is 17.4. The lowest BCUT2D eigenvalue weighted by Gasteiger charge is -2.10. The molecule has 21 heavy (non-hydrogen) atoms. The largest absolute Gasteiger partial charge is 0.457 e. The second-order valence-corrected chi connectivity index (χ2v) is 5.68. The smallest absolute Gasteiger partial charge is 0.128 e. The molecule has 0 radical (unpaired) electrons. The van der Waals surface area contributed by atoms with Crippen molar-refractivity contribution in [1.82, 2.24) is 4.98 Å². The van der Waals surface area contributed by atoms with Crippen LogP contribution in [-0.4, -0.2) is 4.98 Å². The molecular weight excluding hydrogens is 282 g/mol. The van der Waals surface area contributed by atoms with E-state index in [0.29, 0.717) is 10.9 Å². The van der Waals surface area contributed by atoms with Gasteiger partial charge in [0.15, 0.2) is 0 Å². The van der Waals surface area contributed by atoms with Gasteiger partial charge < -0.3 is 4.74 Å². The van der Waals surface area contributed by atoms with E-state index in [2.05, 4.69) is 18.8 Å². The van der Waals surface area contributed by atoms with Crippen molar-refractivity contribution < 1.29 is 4.74 Å². The summed E-state index contributed by atoms with van der Waals surface area (Å²) in [6.45, 7) is 4.22. The van der Waals surface area contributed by atoms with E-state index < -0.39 is 0 Å². The maximum Gasteiger partial charge on any atom is 0.128 e. The average Bonchev–Trinajstić information content (AvgIpc) is 2.48. The first kappa shape index (κ1) is 13.9. The highest BCUT2D eigenvalue weighted by Crippen LogP contribution is 2.30. The van der Waals surface area contributed by atoms with Crippen LogP contribution in [0.5, 0.6) is 11.5 Å². The zero-order valence-electron chi connectivity index (χ0n) is 12.0. The summed E-state index contributed by atoms with van der Waals surface area (Å²) in [7, 11) is 0. The number of halogens is 1. The number of rotatable bonds is 3. The van der Waals surface area contributed by atoms with Gasteiger partial charge in [0.25, 0.3) is 0 Å². The monoisotopic (exact) mass is 297 g/mol. The Bertz CT molecular complexity index is 769. The Kier molecular flexibility index (Phi) is 3.80. The fraction of sp³-hybridized carbons (Fsp3) is 0.167. The highest BCUT2D eigenvalue weighted by Gasteiger charge is 2.08. The van der Waals surface area contributed by atoms with Crippen LogP contribution in [0.3, 0.4) is 0 Å². The first-order valence-electron chi connectivity index (χ1n) is 6.96. The van der Waals surface area contributed by atoms with E-state index in [1.54, 1.807) is 0 Å². The van der Waals surface area contributed by atoms with E-state index in [9.17, 15) is 0 Å². The molecule has 0 fully saturated rings. The Morgan fingerprint density at radius 3 is 2.43 bits per heavy atom. The average molecular weight is 298 g/mol. The SMILES string of the molecule is CC(C)c1cc(Cl)c2cc(Oc3ccccc3)ccc2n1. The second kappa shape index (κ2) is 5.74. The zero-order chi connectivity index (χ0) is 14.8. The molecule has 0 aliphatic carbocycles. The van der Waals surface area contributed by atoms with Crippen molar-refractivity contribution in [3.05, 3.63) is 65.3 Å². The number of ether oxygens (including phenoxy) is 1. The first-order chi connectivity index (χ1) is 10.1. The quantitative estimate of drug-likeness (QED) is 0.609. The molecule has 2 aromatic carbocycles. The van der Waals surface area contributed by atoms with Gasteiger partial charge >= 0.3 is 0 Å². The minimum absolute atomic E-state index is 0.354. The Morgan fingerprint density at radius 1 is 0.952 bits per heavy atom. The molecule has 106 valence electrons. The van der Waals surface area contributed by atoms with E-state index in [4.69, 9.17) is 16.3 Å². The van der Waals surface area contributed by atoms with Gasteiger partial charge in [-0.05, 0) is 42.3 Å². The predicted molar refractivity (Wildman–Crippen MR) is 87.4 cm³/mol. The lowest BCUT2D eigenvalue weighted by atomic mass is 10.1. The molecule has 0 spiro atoms. The van der Waals surface area contributed by atoms with E-state index in [1.807, 2.05) is 54.6 Å². The van der Waals surface area contributed by atoms with E-state index in [-0.39, 0.29) is 0 Å². The standard InChI is InChI=1S/C18H16ClNO/c1-12(2)18-11-16(19)15-10-14(8-9-17(15)20-18)21-13-6-4-3-5-7-13/h3-12H,1-2H3. The van der Waals surface area contributed by atoms with Crippen molar-refractivity contribution >= 4 is 22.5 Å². The van der Waals surface area contributed by atoms with Crippen LogP contribution in [0.25, 0.3) is 10.9 Å². The molecule has 0 amide bonds. The summed E-state index contributed by atoms with van der Waals surface area (Å²) in [4.78, 5) is 4.64. The molecule has 0 saturated heterocycles. The lowest BCUT2D eigenvalue weighted by Crippen LogP contribution is -1.94. The number of nitrogens with zero attached hydrogens (tertiary/aromatic N) is 1. The van der Waals surface area contributed by atoms with E-state index >= 15 is 0 Å². The van der Waals surface area contributed by atoms with Gasteiger partial charge in [-0.1, -0.05) is 43.6 Å². The summed E-state index contributed by atoms with van der Waals surface area (Å²) in [6.07, 6.45) is 0. The normalized spacial score (nSPS) is 11.0. The van der Waals surface area contributed by atoms with Crippen molar-refractivity contribution in [1.29, 1.82) is 0 Å². The van der Waals surface area contributed by atoms with Gasteiger partial charge in [0, 0.05) is 11.1 Å². The molecule has 3 heteroatoms. The van der Waals surface area contributed by atoms with Crippen LogP contribution in [0.1, 0.15) is 25.5 Å². The van der Waals surface area contributed by atoms with Crippen LogP contribution in [0.2, 0.25) is 5.02 Å². The number of hydrogen-bond donors (Lipinski definition) is 0. The highest BCUT2D eigenvalue weighted by molar-refractivity contribution is 6.35. The maximum atomic E-state index is 6.39. The minimum Gasteiger partial charge on any atom is -0.457 e. The number of hydrogen-bond acceptors (Lipinski definition) is 2. The third-order valence-electron chi connectivity index (χ3n) is 3.32. The predicted octanol–water partition coefficient (Wildman–Crippen LogP) is 5.80. The fourth-order valence-corrected chi connectivity index (χ4v) is 2.43. The molecular formula is C18H16ClNO. The topological polar surface area (TPSA) is 22.1 Å². The van der Waals surface area contributed by atoms with Crippen LogP contribution in [0, 0.1) is 0 Å². The summed E-state index contributed by atoms with van der Waals surface area (Å²) < 4.78 is 5.83. The van der Waals surface area contributed by atoms with Crippen LogP contribution in [-0.2, 0) is 0 Å². The van der Waals surface area contributed by atoms with Crippen LogP contribution >= 0.6 is 11.6 Å². The third-order valence-corrected chi connectivity index (χ3v) is 3.63. The number of aromatic nitrogens is 1. The Hall–Kier alpha value is -2.06. The van der Waals surface area contributed by atoms with Crippen molar-refractivity contribution in [2.24, 2.45) is 0 Å². The summed E-state index contributed by atoms with van der Waals surface area (Å²) in [5.41, 5.74) is 1.90. The molecule has 3 aromatic rings.